The van der Waals surface area contributed by atoms with Crippen LogP contribution in [0.3, 0.4) is 0 Å². The lowest BCUT2D eigenvalue weighted by atomic mass is 9.92. The number of aliphatic hydroxyl groups excluding tert-OH is 1. The average molecular weight is 689 g/mol. The minimum Gasteiger partial charge on any atom is -0.444 e. The lowest BCUT2D eigenvalue weighted by Gasteiger charge is -2.38. The Morgan fingerprint density at radius 3 is 2.51 bits per heavy atom. The maximum absolute atomic E-state index is 16.1. The number of imidazole rings is 1. The van der Waals surface area contributed by atoms with Gasteiger partial charge in [-0.2, -0.15) is 5.10 Å². The summed E-state index contributed by atoms with van der Waals surface area (Å²) in [7, 11) is 1.92. The Morgan fingerprint density at radius 2 is 1.80 bits per heavy atom. The lowest BCUT2D eigenvalue weighted by Crippen LogP contribution is -2.45. The molecule has 1 amide bonds. The standard InChI is InChI=1S/C36H35F3N6O3S/c1-17-14-44(35(47)48-36(4,5)6)18(2)28-13-26(42-45(17)28)33-31(29-21(15-46)10-22(37)12-23(29)38)30-24(39)16-49-34(30)32(41-33)20-8-9-27-25(11-20)40-19(3)43(27)7/h8-13,16-18,46H,14-15H2,1-7H3/t17-,18+/m0/s1. The summed E-state index contributed by atoms with van der Waals surface area (Å²) in [5.41, 5.74) is 2.97. The highest BCUT2D eigenvalue weighted by Gasteiger charge is 2.37. The predicted molar refractivity (Wildman–Crippen MR) is 183 cm³/mol. The summed E-state index contributed by atoms with van der Waals surface area (Å²) in [6.07, 6.45) is -0.468. The Balaban J connectivity index is 1.51. The van der Waals surface area contributed by atoms with E-state index in [2.05, 4.69) is 4.98 Å². The molecule has 7 rings (SSSR count). The molecule has 9 nitrogen and oxygen atoms in total. The predicted octanol–water partition coefficient (Wildman–Crippen LogP) is 8.47. The van der Waals surface area contributed by atoms with Gasteiger partial charge in [0.15, 0.2) is 0 Å². The van der Waals surface area contributed by atoms with Crippen LogP contribution in [0.4, 0.5) is 18.0 Å². The largest absolute Gasteiger partial charge is 0.444 e. The van der Waals surface area contributed by atoms with E-state index in [1.54, 1.807) is 36.4 Å². The number of pyridine rings is 1. The number of rotatable bonds is 4. The van der Waals surface area contributed by atoms with Gasteiger partial charge >= 0.3 is 6.09 Å². The number of hydrogen-bond acceptors (Lipinski definition) is 7. The zero-order valence-electron chi connectivity index (χ0n) is 28.1. The maximum Gasteiger partial charge on any atom is 0.410 e. The summed E-state index contributed by atoms with van der Waals surface area (Å²) < 4.78 is 56.3. The van der Waals surface area contributed by atoms with Crippen LogP contribution in [-0.2, 0) is 18.4 Å². The summed E-state index contributed by atoms with van der Waals surface area (Å²) in [5.74, 6) is -1.65. The first-order chi connectivity index (χ1) is 23.2. The van der Waals surface area contributed by atoms with Crippen LogP contribution >= 0.6 is 11.3 Å². The maximum atomic E-state index is 16.1. The van der Waals surface area contributed by atoms with Gasteiger partial charge in [-0.15, -0.1) is 11.3 Å². The highest BCUT2D eigenvalue weighted by atomic mass is 32.1. The fourth-order valence-electron chi connectivity index (χ4n) is 6.63. The van der Waals surface area contributed by atoms with Gasteiger partial charge in [-0.3, -0.25) is 9.58 Å². The SMILES string of the molecule is Cc1nc2cc(-c3nc(-c4cc5n(n4)[C@@H](C)CN(C(=O)OC(C)(C)C)[C@@H]5C)c(-c4c(F)cc(F)cc4CO)c4c(F)csc34)ccc2n1C. The number of hydrogen-bond donors (Lipinski definition) is 1. The van der Waals surface area contributed by atoms with E-state index in [9.17, 15) is 14.3 Å². The smallest absolute Gasteiger partial charge is 0.410 e. The zero-order chi connectivity index (χ0) is 35.1. The molecule has 254 valence electrons. The third-order valence-corrected chi connectivity index (χ3v) is 9.97. The Bertz CT molecular complexity index is 2300. The van der Waals surface area contributed by atoms with Crippen molar-refractivity contribution in [3.63, 3.8) is 0 Å². The van der Waals surface area contributed by atoms with Crippen LogP contribution < -0.4 is 0 Å². The Labute approximate surface area is 284 Å². The number of carbonyl (C=O) groups excluding carboxylic acids is 1. The molecule has 0 unspecified atom stereocenters. The number of aromatic nitrogens is 5. The van der Waals surface area contributed by atoms with Crippen LogP contribution in [-0.4, -0.2) is 52.6 Å². The van der Waals surface area contributed by atoms with Crippen molar-refractivity contribution >= 4 is 38.5 Å². The van der Waals surface area contributed by atoms with Crippen LogP contribution in [0, 0.1) is 24.4 Å². The third kappa shape index (κ3) is 5.45. The van der Waals surface area contributed by atoms with Gasteiger partial charge in [0.1, 0.15) is 34.6 Å². The summed E-state index contributed by atoms with van der Waals surface area (Å²) in [5, 5.41) is 16.6. The molecule has 2 aromatic carbocycles. The Hall–Kier alpha value is -4.75. The molecule has 0 spiro atoms. The van der Waals surface area contributed by atoms with E-state index >= 15 is 8.78 Å². The third-order valence-electron chi connectivity index (χ3n) is 9.02. The van der Waals surface area contributed by atoms with E-state index in [0.29, 0.717) is 40.0 Å². The monoisotopic (exact) mass is 688 g/mol. The fraction of sp³-hybridized carbons (Fsp3) is 0.333. The van der Waals surface area contributed by atoms with Crippen molar-refractivity contribution in [1.29, 1.82) is 0 Å². The molecule has 1 aliphatic rings. The fourth-order valence-corrected chi connectivity index (χ4v) is 7.56. The summed E-state index contributed by atoms with van der Waals surface area (Å²) >= 11 is 1.11. The molecule has 4 aromatic heterocycles. The van der Waals surface area contributed by atoms with Gasteiger partial charge in [-0.05, 0) is 71.4 Å². The first-order valence-electron chi connectivity index (χ1n) is 15.9. The van der Waals surface area contributed by atoms with E-state index in [1.807, 2.05) is 50.6 Å². The number of halogens is 3. The Kier molecular flexibility index (Phi) is 7.82. The molecule has 0 fully saturated rings. The summed E-state index contributed by atoms with van der Waals surface area (Å²) in [4.78, 5) is 24.6. The van der Waals surface area contributed by atoms with Gasteiger partial charge in [-0.1, -0.05) is 6.07 Å². The number of amides is 1. The van der Waals surface area contributed by atoms with Gasteiger partial charge in [-0.25, -0.2) is 27.9 Å². The first-order valence-corrected chi connectivity index (χ1v) is 16.8. The van der Waals surface area contributed by atoms with Crippen LogP contribution in [0.1, 0.15) is 63.8 Å². The summed E-state index contributed by atoms with van der Waals surface area (Å²) in [6.45, 7) is 10.7. The second kappa shape index (κ2) is 11.7. The second-order valence-corrected chi connectivity index (χ2v) is 14.4. The van der Waals surface area contributed by atoms with Crippen molar-refractivity contribution in [3.05, 3.63) is 76.3 Å². The molecule has 0 aliphatic carbocycles. The number of aliphatic hydroxyl groups is 1. The molecule has 0 bridgehead atoms. The van der Waals surface area contributed by atoms with Crippen molar-refractivity contribution in [3.8, 4) is 33.8 Å². The van der Waals surface area contributed by atoms with Crippen LogP contribution in [0.5, 0.6) is 0 Å². The number of ether oxygens (including phenoxy) is 1. The van der Waals surface area contributed by atoms with Crippen LogP contribution in [0.25, 0.3) is 54.9 Å². The number of thiophene rings is 1. The van der Waals surface area contributed by atoms with Crippen LogP contribution in [0.2, 0.25) is 0 Å². The molecular weight excluding hydrogens is 653 g/mol. The van der Waals surface area contributed by atoms with Gasteiger partial charge < -0.3 is 14.4 Å². The Morgan fingerprint density at radius 1 is 1.04 bits per heavy atom. The molecule has 6 aromatic rings. The minimum atomic E-state index is -0.973. The molecule has 0 saturated heterocycles. The lowest BCUT2D eigenvalue weighted by molar-refractivity contribution is 0.00865. The van der Waals surface area contributed by atoms with E-state index < -0.39 is 41.8 Å². The van der Waals surface area contributed by atoms with Crippen molar-refractivity contribution in [2.75, 3.05) is 6.54 Å². The van der Waals surface area contributed by atoms with Gasteiger partial charge in [0.2, 0.25) is 0 Å². The second-order valence-electron chi connectivity index (χ2n) is 13.5. The number of carbonyl (C=O) groups is 1. The van der Waals surface area contributed by atoms with Crippen molar-refractivity contribution in [1.82, 2.24) is 29.2 Å². The van der Waals surface area contributed by atoms with Crippen molar-refractivity contribution < 1.29 is 27.8 Å². The molecule has 0 radical (unpaired) electrons. The quantitative estimate of drug-likeness (QED) is 0.200. The number of nitrogens with zero attached hydrogens (tertiary/aromatic N) is 6. The average Bonchev–Trinajstić information content (AvgIpc) is 3.73. The number of fused-ring (bicyclic) bond motifs is 3. The highest BCUT2D eigenvalue weighted by molar-refractivity contribution is 7.17. The van der Waals surface area contributed by atoms with Crippen molar-refractivity contribution in [2.45, 2.75) is 65.8 Å². The van der Waals surface area contributed by atoms with E-state index in [-0.39, 0.29) is 33.8 Å². The molecule has 5 heterocycles. The van der Waals surface area contributed by atoms with E-state index in [4.69, 9.17) is 14.8 Å². The van der Waals surface area contributed by atoms with Crippen molar-refractivity contribution in [2.24, 2.45) is 7.05 Å². The van der Waals surface area contributed by atoms with Gasteiger partial charge in [0, 0.05) is 47.1 Å². The minimum absolute atomic E-state index is 0.0496. The van der Waals surface area contributed by atoms with E-state index in [0.717, 1.165) is 34.3 Å². The normalized spacial score (nSPS) is 16.5. The number of benzene rings is 2. The van der Waals surface area contributed by atoms with E-state index in [1.165, 1.54) is 5.38 Å². The number of aryl methyl sites for hydroxylation is 2. The first kappa shape index (κ1) is 32.8. The molecule has 13 heteroatoms. The van der Waals surface area contributed by atoms with Gasteiger partial charge in [0.05, 0.1) is 51.5 Å². The molecular formula is C36H35F3N6O3S. The summed E-state index contributed by atoms with van der Waals surface area (Å²) in [6, 6.07) is 8.45. The highest BCUT2D eigenvalue weighted by Crippen LogP contribution is 2.47. The van der Waals surface area contributed by atoms with Gasteiger partial charge in [0.25, 0.3) is 0 Å². The topological polar surface area (TPSA) is 98.3 Å². The van der Waals surface area contributed by atoms with Crippen LogP contribution in [0.15, 0.2) is 41.8 Å². The zero-order valence-corrected chi connectivity index (χ0v) is 28.9. The molecule has 1 N–H and O–H groups in total. The molecule has 2 atom stereocenters. The molecule has 1 aliphatic heterocycles. The molecule has 0 saturated carbocycles. The molecule has 49 heavy (non-hydrogen) atoms.